The van der Waals surface area contributed by atoms with Crippen molar-refractivity contribution >= 4 is 33.7 Å². The minimum Gasteiger partial charge on any atom is -0.478 e. The molecule has 1 atom stereocenters. The summed E-state index contributed by atoms with van der Waals surface area (Å²) in [6.45, 7) is 5.63. The van der Waals surface area contributed by atoms with E-state index in [1.165, 1.54) is 18.5 Å². The van der Waals surface area contributed by atoms with Crippen LogP contribution in [0.15, 0.2) is 28.7 Å². The number of halogens is 1. The maximum atomic E-state index is 10.6. The van der Waals surface area contributed by atoms with Crippen molar-refractivity contribution in [1.29, 1.82) is 0 Å². The molecule has 0 saturated carbocycles. The molecule has 20 heavy (non-hydrogen) atoms. The summed E-state index contributed by atoms with van der Waals surface area (Å²) in [5, 5.41) is 8.68. The second-order valence-corrected chi connectivity index (χ2v) is 6.38. The van der Waals surface area contributed by atoms with Gasteiger partial charge in [-0.25, -0.2) is 4.79 Å². The van der Waals surface area contributed by atoms with Crippen LogP contribution in [0.3, 0.4) is 0 Å². The second kappa shape index (κ2) is 6.44. The Balaban J connectivity index is 2.22. The smallest absolute Gasteiger partial charge is 0.328 e. The molecule has 1 aliphatic heterocycles. The minimum atomic E-state index is -0.930. The molecule has 0 radical (unpaired) electrons. The molecule has 0 amide bonds. The fourth-order valence-corrected chi connectivity index (χ4v) is 3.30. The van der Waals surface area contributed by atoms with Crippen LogP contribution in [0.25, 0.3) is 6.08 Å². The van der Waals surface area contributed by atoms with Crippen LogP contribution in [0.1, 0.15) is 32.3 Å². The molecule has 1 saturated heterocycles. The van der Waals surface area contributed by atoms with Crippen LogP contribution < -0.4 is 4.90 Å². The average Bonchev–Trinajstić information content (AvgIpc) is 2.86. The molecule has 1 aromatic rings. The lowest BCUT2D eigenvalue weighted by Crippen LogP contribution is -2.33. The van der Waals surface area contributed by atoms with Crippen LogP contribution in [0, 0.1) is 5.92 Å². The summed E-state index contributed by atoms with van der Waals surface area (Å²) >= 11 is 3.53. The first kappa shape index (κ1) is 15.1. The third-order valence-corrected chi connectivity index (χ3v) is 4.48. The predicted octanol–water partition coefficient (Wildman–Crippen LogP) is 4.17. The van der Waals surface area contributed by atoms with E-state index in [2.05, 4.69) is 46.8 Å². The Hall–Kier alpha value is -1.29. The van der Waals surface area contributed by atoms with E-state index in [0.29, 0.717) is 12.0 Å². The van der Waals surface area contributed by atoms with Crippen molar-refractivity contribution in [3.8, 4) is 0 Å². The summed E-state index contributed by atoms with van der Waals surface area (Å²) in [6.07, 6.45) is 5.25. The SMILES string of the molecule is CC(C)C1CCCN1c1ccc(/C=C/C(=O)O)c(Br)c1. The molecule has 108 valence electrons. The molecule has 0 bridgehead atoms. The van der Waals surface area contributed by atoms with Crippen molar-refractivity contribution in [2.75, 3.05) is 11.4 Å². The molecular formula is C16H20BrNO2. The first-order valence-corrected chi connectivity index (χ1v) is 7.75. The fourth-order valence-electron chi connectivity index (χ4n) is 2.80. The molecule has 1 heterocycles. The summed E-state index contributed by atoms with van der Waals surface area (Å²) in [4.78, 5) is 13.0. The van der Waals surface area contributed by atoms with Crippen LogP contribution in [-0.2, 0) is 4.79 Å². The number of benzene rings is 1. The number of carboxylic acid groups (broad SMARTS) is 1. The molecule has 1 aliphatic rings. The lowest BCUT2D eigenvalue weighted by molar-refractivity contribution is -0.131. The van der Waals surface area contributed by atoms with Crippen molar-refractivity contribution in [2.24, 2.45) is 5.92 Å². The first-order valence-electron chi connectivity index (χ1n) is 6.96. The average molecular weight is 338 g/mol. The Morgan fingerprint density at radius 1 is 1.50 bits per heavy atom. The highest BCUT2D eigenvalue weighted by Gasteiger charge is 2.27. The Morgan fingerprint density at radius 3 is 2.85 bits per heavy atom. The van der Waals surface area contributed by atoms with Crippen molar-refractivity contribution in [3.63, 3.8) is 0 Å². The number of carbonyl (C=O) groups is 1. The van der Waals surface area contributed by atoms with Gasteiger partial charge in [0.05, 0.1) is 0 Å². The zero-order chi connectivity index (χ0) is 14.7. The van der Waals surface area contributed by atoms with Crippen LogP contribution in [0.2, 0.25) is 0 Å². The zero-order valence-corrected chi connectivity index (χ0v) is 13.4. The molecule has 2 rings (SSSR count). The van der Waals surface area contributed by atoms with E-state index >= 15 is 0 Å². The van der Waals surface area contributed by atoms with E-state index in [9.17, 15) is 4.79 Å². The Morgan fingerprint density at radius 2 is 2.25 bits per heavy atom. The zero-order valence-electron chi connectivity index (χ0n) is 11.8. The molecule has 1 N–H and O–H groups in total. The Bertz CT molecular complexity index is 525. The van der Waals surface area contributed by atoms with Gasteiger partial charge in [0.2, 0.25) is 0 Å². The van der Waals surface area contributed by atoms with Crippen molar-refractivity contribution in [3.05, 3.63) is 34.3 Å². The molecule has 1 unspecified atom stereocenters. The molecular weight excluding hydrogens is 318 g/mol. The second-order valence-electron chi connectivity index (χ2n) is 5.52. The van der Waals surface area contributed by atoms with E-state index < -0.39 is 5.97 Å². The van der Waals surface area contributed by atoms with Crippen molar-refractivity contribution in [2.45, 2.75) is 32.7 Å². The number of rotatable bonds is 4. The highest BCUT2D eigenvalue weighted by atomic mass is 79.9. The number of aliphatic carboxylic acids is 1. The summed E-state index contributed by atoms with van der Waals surface area (Å²) in [5.74, 6) is -0.289. The maximum absolute atomic E-state index is 10.6. The van der Waals surface area contributed by atoms with Gasteiger partial charge in [0.15, 0.2) is 0 Å². The number of anilines is 1. The van der Waals surface area contributed by atoms with Gasteiger partial charge in [-0.05, 0) is 42.5 Å². The van der Waals surface area contributed by atoms with Gasteiger partial charge >= 0.3 is 5.97 Å². The summed E-state index contributed by atoms with van der Waals surface area (Å²) in [7, 11) is 0. The third kappa shape index (κ3) is 3.42. The number of hydrogen-bond acceptors (Lipinski definition) is 2. The van der Waals surface area contributed by atoms with Crippen molar-refractivity contribution in [1.82, 2.24) is 0 Å². The van der Waals surface area contributed by atoms with Gasteiger partial charge in [-0.3, -0.25) is 0 Å². The highest BCUT2D eigenvalue weighted by molar-refractivity contribution is 9.10. The van der Waals surface area contributed by atoms with E-state index in [1.54, 1.807) is 6.08 Å². The van der Waals surface area contributed by atoms with Crippen LogP contribution in [-0.4, -0.2) is 23.7 Å². The molecule has 4 heteroatoms. The predicted molar refractivity (Wildman–Crippen MR) is 86.0 cm³/mol. The Kier molecular flexibility index (Phi) is 4.86. The molecule has 1 fully saturated rings. The van der Waals surface area contributed by atoms with Crippen LogP contribution in [0.5, 0.6) is 0 Å². The van der Waals surface area contributed by atoms with Gasteiger partial charge in [-0.15, -0.1) is 0 Å². The normalized spacial score (nSPS) is 19.2. The molecule has 1 aromatic carbocycles. The van der Waals surface area contributed by atoms with E-state index in [0.717, 1.165) is 22.7 Å². The lowest BCUT2D eigenvalue weighted by Gasteiger charge is -2.30. The van der Waals surface area contributed by atoms with Gasteiger partial charge in [0.25, 0.3) is 0 Å². The standard InChI is InChI=1S/C16H20BrNO2/c1-11(2)15-4-3-9-18(15)13-7-5-12(14(17)10-13)6-8-16(19)20/h5-8,10-11,15H,3-4,9H2,1-2H3,(H,19,20)/b8-6+. The maximum Gasteiger partial charge on any atom is 0.328 e. The highest BCUT2D eigenvalue weighted by Crippen LogP contribution is 2.32. The van der Waals surface area contributed by atoms with Gasteiger partial charge in [-0.1, -0.05) is 35.8 Å². The van der Waals surface area contributed by atoms with Gasteiger partial charge in [0.1, 0.15) is 0 Å². The number of carboxylic acids is 1. The topological polar surface area (TPSA) is 40.5 Å². The lowest BCUT2D eigenvalue weighted by atomic mass is 10.0. The van der Waals surface area contributed by atoms with Gasteiger partial charge < -0.3 is 10.0 Å². The first-order chi connectivity index (χ1) is 9.49. The largest absolute Gasteiger partial charge is 0.478 e. The van der Waals surface area contributed by atoms with Gasteiger partial charge in [-0.2, -0.15) is 0 Å². The quantitative estimate of drug-likeness (QED) is 0.838. The summed E-state index contributed by atoms with van der Waals surface area (Å²) in [6, 6.07) is 6.73. The molecule has 0 aliphatic carbocycles. The fraction of sp³-hybridized carbons (Fsp3) is 0.438. The monoisotopic (exact) mass is 337 g/mol. The summed E-state index contributed by atoms with van der Waals surface area (Å²) in [5.41, 5.74) is 2.09. The third-order valence-electron chi connectivity index (χ3n) is 3.79. The molecule has 0 aromatic heterocycles. The number of nitrogens with zero attached hydrogens (tertiary/aromatic N) is 1. The van der Waals surface area contributed by atoms with E-state index in [4.69, 9.17) is 5.11 Å². The van der Waals surface area contributed by atoms with Gasteiger partial charge in [0, 0.05) is 28.8 Å². The molecule has 3 nitrogen and oxygen atoms in total. The molecule has 0 spiro atoms. The summed E-state index contributed by atoms with van der Waals surface area (Å²) < 4.78 is 0.932. The van der Waals surface area contributed by atoms with E-state index in [1.807, 2.05) is 6.07 Å². The Labute approximate surface area is 128 Å². The van der Waals surface area contributed by atoms with Crippen LogP contribution in [0.4, 0.5) is 5.69 Å². The van der Waals surface area contributed by atoms with Crippen LogP contribution >= 0.6 is 15.9 Å². The minimum absolute atomic E-state index is 0.599. The van der Waals surface area contributed by atoms with Crippen molar-refractivity contribution < 1.29 is 9.90 Å². The van der Waals surface area contributed by atoms with E-state index in [-0.39, 0.29) is 0 Å². The number of hydrogen-bond donors (Lipinski definition) is 1.